The van der Waals surface area contributed by atoms with E-state index >= 15 is 0 Å². The van der Waals surface area contributed by atoms with Crippen molar-refractivity contribution in [2.75, 3.05) is 44.2 Å². The molecule has 29 heavy (non-hydrogen) atoms. The third-order valence-electron chi connectivity index (χ3n) is 4.94. The molecule has 8 nitrogen and oxygen atoms in total. The number of hydrogen-bond donors (Lipinski definition) is 1. The minimum Gasteiger partial charge on any atom is -0.491 e. The van der Waals surface area contributed by atoms with Crippen molar-refractivity contribution in [2.24, 2.45) is 0 Å². The van der Waals surface area contributed by atoms with Gasteiger partial charge in [-0.1, -0.05) is 16.8 Å². The van der Waals surface area contributed by atoms with Crippen molar-refractivity contribution >= 4 is 17.4 Å². The van der Waals surface area contributed by atoms with E-state index in [1.165, 1.54) is 0 Å². The monoisotopic (exact) mass is 418 g/mol. The van der Waals surface area contributed by atoms with Crippen LogP contribution in [0.5, 0.6) is 5.75 Å². The summed E-state index contributed by atoms with van der Waals surface area (Å²) in [6, 6.07) is 7.34. The van der Waals surface area contributed by atoms with Crippen LogP contribution in [0.4, 0.5) is 5.82 Å². The van der Waals surface area contributed by atoms with Crippen LogP contribution in [0, 0.1) is 6.92 Å². The first kappa shape index (κ1) is 19.8. The van der Waals surface area contributed by atoms with Gasteiger partial charge in [0.15, 0.2) is 5.82 Å². The fourth-order valence-corrected chi connectivity index (χ4v) is 3.67. The SMILES string of the molecule is Cc1nonc1N1CCN(CC(O)COc2cc(Cl)cc(-c3ccoc3)c2)CC1. The number of furan rings is 1. The summed E-state index contributed by atoms with van der Waals surface area (Å²) in [5.41, 5.74) is 2.63. The molecule has 1 aliphatic heterocycles. The lowest BCUT2D eigenvalue weighted by molar-refractivity contribution is 0.0662. The van der Waals surface area contributed by atoms with E-state index < -0.39 is 6.10 Å². The lowest BCUT2D eigenvalue weighted by Crippen LogP contribution is -2.49. The number of piperazine rings is 1. The molecule has 0 spiro atoms. The molecule has 0 saturated carbocycles. The number of anilines is 1. The predicted octanol–water partition coefficient (Wildman–Crippen LogP) is 2.85. The van der Waals surface area contributed by atoms with Crippen LogP contribution < -0.4 is 9.64 Å². The molecule has 1 unspecified atom stereocenters. The van der Waals surface area contributed by atoms with Crippen molar-refractivity contribution in [1.29, 1.82) is 0 Å². The number of aliphatic hydroxyl groups excluding tert-OH is 1. The van der Waals surface area contributed by atoms with Crippen LogP contribution in [0.25, 0.3) is 11.1 Å². The standard InChI is InChI=1S/C20H23ClN4O4/c1-14-20(23-29-22-14)25-5-3-24(4-6-25)11-18(26)13-28-19-9-16(8-17(21)10-19)15-2-7-27-12-15/h2,7-10,12,18,26H,3-6,11,13H2,1H3. The van der Waals surface area contributed by atoms with E-state index in [1.54, 1.807) is 18.6 Å². The quantitative estimate of drug-likeness (QED) is 0.626. The second-order valence-electron chi connectivity index (χ2n) is 7.11. The van der Waals surface area contributed by atoms with Crippen molar-refractivity contribution in [1.82, 2.24) is 15.2 Å². The molecule has 4 rings (SSSR count). The van der Waals surface area contributed by atoms with E-state index in [9.17, 15) is 5.11 Å². The number of rotatable bonds is 7. The van der Waals surface area contributed by atoms with E-state index in [0.29, 0.717) is 17.3 Å². The molecule has 0 aliphatic carbocycles. The molecule has 3 aromatic rings. The predicted molar refractivity (Wildman–Crippen MR) is 108 cm³/mol. The highest BCUT2D eigenvalue weighted by molar-refractivity contribution is 6.31. The second kappa shape index (κ2) is 8.86. The third kappa shape index (κ3) is 4.90. The lowest BCUT2D eigenvalue weighted by atomic mass is 10.1. The molecule has 0 bridgehead atoms. The minimum atomic E-state index is -0.603. The Bertz CT molecular complexity index is 922. The molecule has 1 atom stereocenters. The Morgan fingerprint density at radius 2 is 2.00 bits per heavy atom. The molecule has 2 aromatic heterocycles. The van der Waals surface area contributed by atoms with Crippen LogP contribution in [0.2, 0.25) is 5.02 Å². The van der Waals surface area contributed by atoms with E-state index in [1.807, 2.05) is 25.1 Å². The molecule has 9 heteroatoms. The van der Waals surface area contributed by atoms with Gasteiger partial charge in [0.1, 0.15) is 24.2 Å². The zero-order valence-electron chi connectivity index (χ0n) is 16.1. The highest BCUT2D eigenvalue weighted by Crippen LogP contribution is 2.29. The Hall–Kier alpha value is -2.55. The molecule has 0 amide bonds. The number of benzene rings is 1. The molecule has 154 valence electrons. The molecule has 1 aliphatic rings. The van der Waals surface area contributed by atoms with Gasteiger partial charge < -0.3 is 19.2 Å². The molecule has 1 aromatic carbocycles. The van der Waals surface area contributed by atoms with Crippen LogP contribution in [0.15, 0.2) is 45.8 Å². The fraction of sp³-hybridized carbons (Fsp3) is 0.400. The minimum absolute atomic E-state index is 0.192. The number of aryl methyl sites for hydroxylation is 1. The van der Waals surface area contributed by atoms with Gasteiger partial charge in [-0.3, -0.25) is 4.90 Å². The summed E-state index contributed by atoms with van der Waals surface area (Å²) in [6.07, 6.45) is 2.66. The molecule has 0 radical (unpaired) electrons. The van der Waals surface area contributed by atoms with Crippen LogP contribution in [0.1, 0.15) is 5.69 Å². The topological polar surface area (TPSA) is 88.0 Å². The van der Waals surface area contributed by atoms with E-state index in [0.717, 1.165) is 48.8 Å². The van der Waals surface area contributed by atoms with Crippen molar-refractivity contribution in [3.8, 4) is 16.9 Å². The molecule has 1 N–H and O–H groups in total. The van der Waals surface area contributed by atoms with Gasteiger partial charge in [0.05, 0.1) is 12.5 Å². The first-order valence-corrected chi connectivity index (χ1v) is 9.87. The summed E-state index contributed by atoms with van der Waals surface area (Å²) < 4.78 is 15.7. The molecular weight excluding hydrogens is 396 g/mol. The Morgan fingerprint density at radius 1 is 1.17 bits per heavy atom. The number of β-amino-alcohol motifs (C(OH)–C–C–N with tert-alkyl or cyclic N) is 1. The van der Waals surface area contributed by atoms with Gasteiger partial charge in [0.2, 0.25) is 0 Å². The first-order valence-electron chi connectivity index (χ1n) is 9.49. The highest BCUT2D eigenvalue weighted by Gasteiger charge is 2.23. The Labute approximate surface area is 173 Å². The lowest BCUT2D eigenvalue weighted by Gasteiger charge is -2.35. The number of hydrogen-bond acceptors (Lipinski definition) is 8. The summed E-state index contributed by atoms with van der Waals surface area (Å²) in [4.78, 5) is 4.36. The van der Waals surface area contributed by atoms with Gasteiger partial charge in [0, 0.05) is 43.3 Å². The molecule has 1 fully saturated rings. The summed E-state index contributed by atoms with van der Waals surface area (Å²) in [6.45, 7) is 5.89. The van der Waals surface area contributed by atoms with Crippen molar-refractivity contribution in [3.05, 3.63) is 47.5 Å². The number of aromatic nitrogens is 2. The number of aliphatic hydroxyl groups is 1. The van der Waals surface area contributed by atoms with Crippen LogP contribution in [0.3, 0.4) is 0 Å². The van der Waals surface area contributed by atoms with Crippen LogP contribution >= 0.6 is 11.6 Å². The molecular formula is C20H23ClN4O4. The first-order chi connectivity index (χ1) is 14.1. The second-order valence-corrected chi connectivity index (χ2v) is 7.55. The van der Waals surface area contributed by atoms with Crippen molar-refractivity contribution < 1.29 is 18.9 Å². The number of halogens is 1. The summed E-state index contributed by atoms with van der Waals surface area (Å²) in [7, 11) is 0. The Kier molecular flexibility index (Phi) is 6.03. The smallest absolute Gasteiger partial charge is 0.196 e. The summed E-state index contributed by atoms with van der Waals surface area (Å²) >= 11 is 6.20. The third-order valence-corrected chi connectivity index (χ3v) is 5.16. The maximum Gasteiger partial charge on any atom is 0.196 e. The molecule has 1 saturated heterocycles. The Morgan fingerprint density at radius 3 is 2.69 bits per heavy atom. The van der Waals surface area contributed by atoms with E-state index in [-0.39, 0.29) is 6.61 Å². The zero-order valence-corrected chi connectivity index (χ0v) is 16.9. The normalized spacial score (nSPS) is 16.2. The maximum atomic E-state index is 10.4. The van der Waals surface area contributed by atoms with Crippen molar-refractivity contribution in [2.45, 2.75) is 13.0 Å². The van der Waals surface area contributed by atoms with Gasteiger partial charge in [-0.05, 0) is 41.9 Å². The largest absolute Gasteiger partial charge is 0.491 e. The Balaban J connectivity index is 1.27. The fourth-order valence-electron chi connectivity index (χ4n) is 3.44. The van der Waals surface area contributed by atoms with Gasteiger partial charge in [-0.2, -0.15) is 0 Å². The summed E-state index contributed by atoms with van der Waals surface area (Å²) in [5, 5.41) is 18.8. The summed E-state index contributed by atoms with van der Waals surface area (Å²) in [5.74, 6) is 1.41. The number of nitrogens with zero attached hydrogens (tertiary/aromatic N) is 4. The molecule has 3 heterocycles. The maximum absolute atomic E-state index is 10.4. The van der Waals surface area contributed by atoms with E-state index in [2.05, 4.69) is 20.1 Å². The zero-order chi connectivity index (χ0) is 20.2. The average molecular weight is 419 g/mol. The highest BCUT2D eigenvalue weighted by atomic mass is 35.5. The van der Waals surface area contributed by atoms with Gasteiger partial charge >= 0.3 is 0 Å². The number of ether oxygens (including phenoxy) is 1. The van der Waals surface area contributed by atoms with Gasteiger partial charge in [0.25, 0.3) is 0 Å². The van der Waals surface area contributed by atoms with E-state index in [4.69, 9.17) is 25.4 Å². The average Bonchev–Trinajstić information content (AvgIpc) is 3.39. The van der Waals surface area contributed by atoms with Crippen LogP contribution in [-0.4, -0.2) is 65.8 Å². The van der Waals surface area contributed by atoms with Gasteiger partial charge in [-0.15, -0.1) is 0 Å². The van der Waals surface area contributed by atoms with Crippen molar-refractivity contribution in [3.63, 3.8) is 0 Å². The van der Waals surface area contributed by atoms with Crippen LogP contribution in [-0.2, 0) is 0 Å². The van der Waals surface area contributed by atoms with Gasteiger partial charge in [-0.25, -0.2) is 4.63 Å².